The van der Waals surface area contributed by atoms with Gasteiger partial charge in [0, 0.05) is 37.7 Å². The lowest BCUT2D eigenvalue weighted by Gasteiger charge is -2.38. The highest BCUT2D eigenvalue weighted by Crippen LogP contribution is 2.32. The Morgan fingerprint density at radius 2 is 1.60 bits per heavy atom. The number of nitrogens with one attached hydrogen (secondary N) is 1. The summed E-state index contributed by atoms with van der Waals surface area (Å²) in [6, 6.07) is 15.2. The van der Waals surface area contributed by atoms with E-state index >= 15 is 0 Å². The van der Waals surface area contributed by atoms with E-state index in [2.05, 4.69) is 4.74 Å². The maximum Gasteiger partial charge on any atom is 0.387 e. The van der Waals surface area contributed by atoms with Crippen molar-refractivity contribution < 1.29 is 33.1 Å². The topological polar surface area (TPSA) is 99.2 Å². The molecule has 3 unspecified atom stereocenters. The van der Waals surface area contributed by atoms with Crippen molar-refractivity contribution in [3.63, 3.8) is 0 Å². The van der Waals surface area contributed by atoms with Gasteiger partial charge in [0.1, 0.15) is 5.75 Å². The highest BCUT2D eigenvalue weighted by Gasteiger charge is 2.43. The number of hydrogen-bond acceptors (Lipinski definition) is 5. The average Bonchev–Trinajstić information content (AvgIpc) is 3.38. The van der Waals surface area contributed by atoms with Crippen LogP contribution in [0.4, 0.5) is 8.78 Å². The molecule has 2 aromatic carbocycles. The van der Waals surface area contributed by atoms with Gasteiger partial charge in [-0.3, -0.25) is 19.6 Å². The smallest absolute Gasteiger partial charge is 0.387 e. The summed E-state index contributed by atoms with van der Waals surface area (Å²) in [7, 11) is 0. The van der Waals surface area contributed by atoms with E-state index in [1.165, 1.54) is 29.2 Å². The van der Waals surface area contributed by atoms with E-state index < -0.39 is 30.3 Å². The Morgan fingerprint density at radius 3 is 2.26 bits per heavy atom. The molecular weight excluding hydrogens is 460 g/mol. The molecule has 2 aromatic rings. The molecule has 2 aliphatic heterocycles. The number of halogens is 2. The molecule has 0 aliphatic carbocycles. The second-order valence-electron chi connectivity index (χ2n) is 8.81. The molecule has 8 nitrogen and oxygen atoms in total. The number of hydrogen-bond donors (Lipinski definition) is 2. The zero-order chi connectivity index (χ0) is 24.9. The molecule has 0 spiro atoms. The largest absolute Gasteiger partial charge is 0.435 e. The third-order valence-corrected chi connectivity index (χ3v) is 6.76. The average molecular weight is 488 g/mol. The fourth-order valence-corrected chi connectivity index (χ4v) is 4.93. The second-order valence-corrected chi connectivity index (χ2v) is 8.81. The first-order valence-corrected chi connectivity index (χ1v) is 11.5. The van der Waals surface area contributed by atoms with Gasteiger partial charge >= 0.3 is 6.61 Å². The molecule has 2 fully saturated rings. The third kappa shape index (κ3) is 5.59. The maximum atomic E-state index is 13.4. The van der Waals surface area contributed by atoms with Gasteiger partial charge in [0.2, 0.25) is 11.8 Å². The summed E-state index contributed by atoms with van der Waals surface area (Å²) >= 11 is 0. The normalized spacial score (nSPS) is 22.2. The van der Waals surface area contributed by atoms with Crippen LogP contribution in [-0.4, -0.2) is 65.5 Å². The number of amides is 3. The minimum absolute atomic E-state index is 0.0487. The number of alkyl halides is 2. The monoisotopic (exact) mass is 487 g/mol. The molecule has 2 heterocycles. The van der Waals surface area contributed by atoms with Crippen molar-refractivity contribution in [3.8, 4) is 5.75 Å². The zero-order valence-electron chi connectivity index (χ0n) is 19.0. The van der Waals surface area contributed by atoms with Gasteiger partial charge in [0.25, 0.3) is 5.91 Å². The SMILES string of the molecule is O=C(NO)C1CN(C(=O)c2ccc(OC(F)F)cc2)CCC1C(=O)N1CCC(c2ccccc2)C1. The first-order chi connectivity index (χ1) is 16.9. The fourth-order valence-electron chi connectivity index (χ4n) is 4.93. The summed E-state index contributed by atoms with van der Waals surface area (Å²) in [5.41, 5.74) is 3.04. The molecule has 2 N–H and O–H groups in total. The number of piperidine rings is 1. The number of nitrogens with zero attached hydrogens (tertiary/aromatic N) is 2. The van der Waals surface area contributed by atoms with Gasteiger partial charge in [0.15, 0.2) is 0 Å². The number of benzene rings is 2. The van der Waals surface area contributed by atoms with Gasteiger partial charge < -0.3 is 14.5 Å². The van der Waals surface area contributed by atoms with Crippen LogP contribution in [-0.2, 0) is 9.59 Å². The lowest BCUT2D eigenvalue weighted by atomic mass is 9.83. The van der Waals surface area contributed by atoms with E-state index in [0.717, 1.165) is 12.0 Å². The molecule has 35 heavy (non-hydrogen) atoms. The Morgan fingerprint density at radius 1 is 0.914 bits per heavy atom. The van der Waals surface area contributed by atoms with Crippen molar-refractivity contribution in [2.24, 2.45) is 11.8 Å². The Balaban J connectivity index is 1.43. The van der Waals surface area contributed by atoms with Crippen molar-refractivity contribution in [2.45, 2.75) is 25.4 Å². The lowest BCUT2D eigenvalue weighted by Crippen LogP contribution is -2.53. The van der Waals surface area contributed by atoms with Gasteiger partial charge in [-0.2, -0.15) is 8.78 Å². The number of likely N-dealkylation sites (tertiary alicyclic amines) is 2. The van der Waals surface area contributed by atoms with Crippen LogP contribution in [0.2, 0.25) is 0 Å². The zero-order valence-corrected chi connectivity index (χ0v) is 19.0. The summed E-state index contributed by atoms with van der Waals surface area (Å²) in [4.78, 5) is 42.0. The van der Waals surface area contributed by atoms with Crippen LogP contribution in [0.5, 0.6) is 5.75 Å². The summed E-state index contributed by atoms with van der Waals surface area (Å²) in [5, 5.41) is 9.28. The van der Waals surface area contributed by atoms with E-state index in [9.17, 15) is 28.4 Å². The summed E-state index contributed by atoms with van der Waals surface area (Å²) < 4.78 is 29.0. The molecule has 186 valence electrons. The van der Waals surface area contributed by atoms with Crippen molar-refractivity contribution >= 4 is 17.7 Å². The van der Waals surface area contributed by atoms with Crippen molar-refractivity contribution in [3.05, 3.63) is 65.7 Å². The molecule has 3 amide bonds. The van der Waals surface area contributed by atoms with Gasteiger partial charge in [-0.1, -0.05) is 30.3 Å². The van der Waals surface area contributed by atoms with Crippen LogP contribution in [0.3, 0.4) is 0 Å². The lowest BCUT2D eigenvalue weighted by molar-refractivity contribution is -0.147. The van der Waals surface area contributed by atoms with E-state index in [1.807, 2.05) is 30.3 Å². The third-order valence-electron chi connectivity index (χ3n) is 6.76. The minimum Gasteiger partial charge on any atom is -0.435 e. The number of ether oxygens (including phenoxy) is 1. The second kappa shape index (κ2) is 10.8. The van der Waals surface area contributed by atoms with E-state index in [1.54, 1.807) is 10.4 Å². The molecular formula is C25H27F2N3O5. The maximum absolute atomic E-state index is 13.4. The highest BCUT2D eigenvalue weighted by atomic mass is 19.3. The predicted molar refractivity (Wildman–Crippen MR) is 121 cm³/mol. The highest BCUT2D eigenvalue weighted by molar-refractivity contribution is 5.95. The molecule has 0 aromatic heterocycles. The molecule has 4 rings (SSSR count). The molecule has 10 heteroatoms. The molecule has 0 bridgehead atoms. The van der Waals surface area contributed by atoms with Gasteiger partial charge in [0.05, 0.1) is 11.8 Å². The summed E-state index contributed by atoms with van der Waals surface area (Å²) in [6.45, 7) is -1.63. The van der Waals surface area contributed by atoms with E-state index in [0.29, 0.717) is 13.1 Å². The Kier molecular flexibility index (Phi) is 7.60. The van der Waals surface area contributed by atoms with Gasteiger partial charge in [-0.25, -0.2) is 5.48 Å². The number of rotatable bonds is 6. The molecule has 3 atom stereocenters. The van der Waals surface area contributed by atoms with Crippen LogP contribution in [0.25, 0.3) is 0 Å². The summed E-state index contributed by atoms with van der Waals surface area (Å²) in [6.07, 6.45) is 1.09. The van der Waals surface area contributed by atoms with Gasteiger partial charge in [-0.05, 0) is 42.7 Å². The first kappa shape index (κ1) is 24.6. The van der Waals surface area contributed by atoms with Crippen molar-refractivity contribution in [2.75, 3.05) is 26.2 Å². The molecule has 2 saturated heterocycles. The number of carbonyl (C=O) groups excluding carboxylic acids is 3. The van der Waals surface area contributed by atoms with Crippen LogP contribution in [0.1, 0.15) is 34.7 Å². The number of carbonyl (C=O) groups is 3. The fraction of sp³-hybridized carbons (Fsp3) is 0.400. The van der Waals surface area contributed by atoms with Crippen LogP contribution in [0.15, 0.2) is 54.6 Å². The van der Waals surface area contributed by atoms with Gasteiger partial charge in [-0.15, -0.1) is 0 Å². The quantitative estimate of drug-likeness (QED) is 0.482. The molecule has 0 saturated carbocycles. The first-order valence-electron chi connectivity index (χ1n) is 11.5. The minimum atomic E-state index is -2.97. The Hall–Kier alpha value is -3.53. The van der Waals surface area contributed by atoms with E-state index in [4.69, 9.17) is 0 Å². The van der Waals surface area contributed by atoms with E-state index in [-0.39, 0.29) is 42.6 Å². The van der Waals surface area contributed by atoms with Crippen LogP contribution >= 0.6 is 0 Å². The Bertz CT molecular complexity index is 1050. The summed E-state index contributed by atoms with van der Waals surface area (Å²) in [5.74, 6) is -2.70. The number of hydroxylamine groups is 1. The predicted octanol–water partition coefficient (Wildman–Crippen LogP) is 2.89. The van der Waals surface area contributed by atoms with Crippen LogP contribution in [0, 0.1) is 11.8 Å². The molecule has 0 radical (unpaired) electrons. The van der Waals surface area contributed by atoms with Crippen molar-refractivity contribution in [1.82, 2.24) is 15.3 Å². The molecule has 2 aliphatic rings. The van der Waals surface area contributed by atoms with Crippen molar-refractivity contribution in [1.29, 1.82) is 0 Å². The van der Waals surface area contributed by atoms with Crippen LogP contribution < -0.4 is 10.2 Å². The Labute approximate surface area is 201 Å². The standard InChI is InChI=1S/C25H27F2N3O5/c26-25(27)35-19-8-6-17(7-9-19)23(32)30-13-11-20(21(15-30)22(31)28-34)24(33)29-12-10-18(14-29)16-4-2-1-3-5-16/h1-9,18,20-21,25,34H,10-15H2,(H,28,31).